The Morgan fingerprint density at radius 2 is 2.00 bits per heavy atom. The number of carboxylic acid groups (broad SMARTS) is 1. The summed E-state index contributed by atoms with van der Waals surface area (Å²) in [4.78, 5) is 10.3. The minimum Gasteiger partial charge on any atom is -0.490 e. The fourth-order valence-electron chi connectivity index (χ4n) is 1.66. The maximum Gasteiger partial charge on any atom is 0.404 e. The summed E-state index contributed by atoms with van der Waals surface area (Å²) in [5, 5.41) is 11.6. The summed E-state index contributed by atoms with van der Waals surface area (Å²) < 4.78 is 5.63. The molecule has 1 aliphatic rings. The fourth-order valence-corrected chi connectivity index (χ4v) is 1.79. The van der Waals surface area contributed by atoms with E-state index in [0.717, 1.165) is 18.6 Å². The van der Waals surface area contributed by atoms with Crippen LogP contribution in [0.5, 0.6) is 5.75 Å². The third-order valence-electron chi connectivity index (χ3n) is 2.54. The first-order chi connectivity index (χ1) is 7.63. The van der Waals surface area contributed by atoms with Gasteiger partial charge in [-0.25, -0.2) is 4.79 Å². The van der Waals surface area contributed by atoms with Crippen LogP contribution in [-0.4, -0.2) is 23.3 Å². The Morgan fingerprint density at radius 3 is 2.56 bits per heavy atom. The van der Waals surface area contributed by atoms with E-state index < -0.39 is 6.09 Å². The number of benzene rings is 1. The molecular weight excluding hydrogens is 230 g/mol. The number of nitrogens with one attached hydrogen (secondary N) is 1. The third-order valence-corrected chi connectivity index (χ3v) is 2.79. The van der Waals surface area contributed by atoms with Crippen molar-refractivity contribution in [2.24, 2.45) is 0 Å². The molecule has 0 radical (unpaired) electrons. The topological polar surface area (TPSA) is 58.6 Å². The van der Waals surface area contributed by atoms with Gasteiger partial charge in [-0.3, -0.25) is 0 Å². The predicted molar refractivity (Wildman–Crippen MR) is 60.1 cm³/mol. The second kappa shape index (κ2) is 4.61. The molecule has 0 spiro atoms. The standard InChI is InChI=1S/C11H12ClNO3/c12-7-1-3-9(4-2-7)16-10-5-8(6-10)13-11(14)15/h1-4,8,10,13H,5-6H2,(H,14,15)/t8-,10-. The van der Waals surface area contributed by atoms with Crippen molar-refractivity contribution in [3.63, 3.8) is 0 Å². The molecule has 1 saturated carbocycles. The Bertz CT molecular complexity index is 373. The highest BCUT2D eigenvalue weighted by Gasteiger charge is 2.31. The maximum absolute atomic E-state index is 10.3. The van der Waals surface area contributed by atoms with Gasteiger partial charge in [0, 0.05) is 23.9 Å². The second-order valence-corrected chi connectivity index (χ2v) is 4.25. The van der Waals surface area contributed by atoms with Gasteiger partial charge in [-0.1, -0.05) is 11.6 Å². The van der Waals surface area contributed by atoms with Crippen LogP contribution in [0, 0.1) is 0 Å². The lowest BCUT2D eigenvalue weighted by atomic mass is 9.89. The summed E-state index contributed by atoms with van der Waals surface area (Å²) in [6.45, 7) is 0. The van der Waals surface area contributed by atoms with E-state index in [1.807, 2.05) is 0 Å². The number of ether oxygens (including phenoxy) is 1. The number of halogens is 1. The summed E-state index contributed by atoms with van der Waals surface area (Å²) in [5.41, 5.74) is 0. The van der Waals surface area contributed by atoms with E-state index >= 15 is 0 Å². The van der Waals surface area contributed by atoms with Gasteiger partial charge in [-0.2, -0.15) is 0 Å². The molecule has 0 bridgehead atoms. The van der Waals surface area contributed by atoms with Gasteiger partial charge in [-0.05, 0) is 24.3 Å². The van der Waals surface area contributed by atoms with Crippen LogP contribution in [0.15, 0.2) is 24.3 Å². The van der Waals surface area contributed by atoms with Crippen LogP contribution in [0.25, 0.3) is 0 Å². The molecule has 2 rings (SSSR count). The van der Waals surface area contributed by atoms with E-state index in [1.165, 1.54) is 0 Å². The zero-order valence-corrected chi connectivity index (χ0v) is 9.28. The fraction of sp³-hybridized carbons (Fsp3) is 0.364. The molecule has 1 aliphatic carbocycles. The molecule has 0 saturated heterocycles. The SMILES string of the molecule is O=C(O)N[C@H]1C[C@H](Oc2ccc(Cl)cc2)C1. The second-order valence-electron chi connectivity index (χ2n) is 3.81. The molecule has 2 N–H and O–H groups in total. The monoisotopic (exact) mass is 241 g/mol. The number of hydrogen-bond donors (Lipinski definition) is 2. The minimum atomic E-state index is -0.977. The minimum absolute atomic E-state index is 0.0230. The van der Waals surface area contributed by atoms with Crippen molar-refractivity contribution in [1.82, 2.24) is 5.32 Å². The smallest absolute Gasteiger partial charge is 0.404 e. The van der Waals surface area contributed by atoms with E-state index in [4.69, 9.17) is 21.4 Å². The van der Waals surface area contributed by atoms with Crippen molar-refractivity contribution in [3.05, 3.63) is 29.3 Å². The Kier molecular flexibility index (Phi) is 3.19. The molecule has 4 nitrogen and oxygen atoms in total. The summed E-state index contributed by atoms with van der Waals surface area (Å²) in [7, 11) is 0. The van der Waals surface area contributed by atoms with Gasteiger partial charge >= 0.3 is 6.09 Å². The molecule has 0 aromatic heterocycles. The summed E-state index contributed by atoms with van der Waals surface area (Å²) in [5.74, 6) is 0.767. The van der Waals surface area contributed by atoms with E-state index in [0.29, 0.717) is 5.02 Å². The van der Waals surface area contributed by atoms with E-state index in [2.05, 4.69) is 5.32 Å². The van der Waals surface area contributed by atoms with Crippen molar-refractivity contribution < 1.29 is 14.6 Å². The average Bonchev–Trinajstić information content (AvgIpc) is 2.17. The number of hydrogen-bond acceptors (Lipinski definition) is 2. The number of rotatable bonds is 3. The van der Waals surface area contributed by atoms with Crippen LogP contribution >= 0.6 is 11.6 Å². The van der Waals surface area contributed by atoms with Crippen molar-refractivity contribution in [2.75, 3.05) is 0 Å². The van der Waals surface area contributed by atoms with E-state index in [-0.39, 0.29) is 12.1 Å². The van der Waals surface area contributed by atoms with Crippen molar-refractivity contribution >= 4 is 17.7 Å². The molecule has 86 valence electrons. The summed E-state index contributed by atoms with van der Waals surface area (Å²) in [6.07, 6.45) is 0.553. The molecule has 0 atom stereocenters. The first kappa shape index (κ1) is 11.1. The van der Waals surface area contributed by atoms with Crippen molar-refractivity contribution in [2.45, 2.75) is 25.0 Å². The number of carbonyl (C=O) groups is 1. The molecule has 0 heterocycles. The molecule has 0 aliphatic heterocycles. The Labute approximate surface area is 98.2 Å². The highest BCUT2D eigenvalue weighted by molar-refractivity contribution is 6.30. The lowest BCUT2D eigenvalue weighted by Crippen LogP contribution is -2.48. The van der Waals surface area contributed by atoms with Gasteiger partial charge < -0.3 is 15.2 Å². The Morgan fingerprint density at radius 1 is 1.38 bits per heavy atom. The van der Waals surface area contributed by atoms with Crippen LogP contribution in [0.3, 0.4) is 0 Å². The molecule has 1 aromatic carbocycles. The average molecular weight is 242 g/mol. The van der Waals surface area contributed by atoms with Gasteiger partial charge in [0.25, 0.3) is 0 Å². The lowest BCUT2D eigenvalue weighted by Gasteiger charge is -2.34. The van der Waals surface area contributed by atoms with Gasteiger partial charge in [-0.15, -0.1) is 0 Å². The molecule has 5 heteroatoms. The lowest BCUT2D eigenvalue weighted by molar-refractivity contribution is 0.0834. The van der Waals surface area contributed by atoms with Crippen LogP contribution in [0.4, 0.5) is 4.79 Å². The Hall–Kier alpha value is -1.42. The first-order valence-electron chi connectivity index (χ1n) is 5.05. The molecule has 1 fully saturated rings. The largest absolute Gasteiger partial charge is 0.490 e. The summed E-state index contributed by atoms with van der Waals surface area (Å²) in [6, 6.07) is 7.17. The van der Waals surface area contributed by atoms with Crippen molar-refractivity contribution in [1.29, 1.82) is 0 Å². The van der Waals surface area contributed by atoms with Gasteiger partial charge in [0.15, 0.2) is 0 Å². The molecule has 0 unspecified atom stereocenters. The number of amides is 1. The van der Waals surface area contributed by atoms with Crippen LogP contribution < -0.4 is 10.1 Å². The quantitative estimate of drug-likeness (QED) is 0.855. The van der Waals surface area contributed by atoms with E-state index in [9.17, 15) is 4.79 Å². The van der Waals surface area contributed by atoms with Crippen LogP contribution in [0.2, 0.25) is 5.02 Å². The van der Waals surface area contributed by atoms with Crippen LogP contribution in [0.1, 0.15) is 12.8 Å². The molecular formula is C11H12ClNO3. The predicted octanol–water partition coefficient (Wildman–Crippen LogP) is 2.52. The molecule has 1 amide bonds. The van der Waals surface area contributed by atoms with Gasteiger partial charge in [0.2, 0.25) is 0 Å². The van der Waals surface area contributed by atoms with Crippen molar-refractivity contribution in [3.8, 4) is 5.75 Å². The first-order valence-corrected chi connectivity index (χ1v) is 5.43. The third kappa shape index (κ3) is 2.79. The van der Waals surface area contributed by atoms with Crippen LogP contribution in [-0.2, 0) is 0 Å². The highest BCUT2D eigenvalue weighted by atomic mass is 35.5. The highest BCUT2D eigenvalue weighted by Crippen LogP contribution is 2.26. The van der Waals surface area contributed by atoms with E-state index in [1.54, 1.807) is 24.3 Å². The maximum atomic E-state index is 10.3. The zero-order chi connectivity index (χ0) is 11.5. The van der Waals surface area contributed by atoms with Gasteiger partial charge in [0.05, 0.1) is 0 Å². The molecule has 1 aromatic rings. The van der Waals surface area contributed by atoms with Gasteiger partial charge in [0.1, 0.15) is 11.9 Å². The summed E-state index contributed by atoms with van der Waals surface area (Å²) >= 11 is 5.75. The molecule has 16 heavy (non-hydrogen) atoms. The normalized spacial score (nSPS) is 23.3. The Balaban J connectivity index is 1.77. The zero-order valence-electron chi connectivity index (χ0n) is 8.52.